The number of fused-ring (bicyclic) bond motifs is 1. The van der Waals surface area contributed by atoms with Gasteiger partial charge in [-0.2, -0.15) is 0 Å². The van der Waals surface area contributed by atoms with E-state index in [-0.39, 0.29) is 0 Å². The Labute approximate surface area is 174 Å². The van der Waals surface area contributed by atoms with Crippen LogP contribution in [-0.4, -0.2) is 26.4 Å². The Bertz CT molecular complexity index is 1130. The van der Waals surface area contributed by atoms with Gasteiger partial charge in [0.2, 0.25) is 0 Å². The summed E-state index contributed by atoms with van der Waals surface area (Å²) >= 11 is 11.1. The van der Waals surface area contributed by atoms with E-state index in [4.69, 9.17) is 16.0 Å². The average molecular weight is 435 g/mol. The molecule has 27 heavy (non-hydrogen) atoms. The molecule has 3 aromatic heterocycles. The first-order valence-corrected chi connectivity index (χ1v) is 11.5. The molecule has 0 fully saturated rings. The van der Waals surface area contributed by atoms with Crippen LogP contribution in [0.1, 0.15) is 16.3 Å². The van der Waals surface area contributed by atoms with Crippen LogP contribution in [0.4, 0.5) is 0 Å². The SMILES string of the molecule is CSc1ccc2cc(CSc3nnc(-c4sc(C)nc4C)o3)c(Cl)nc2c1. The monoisotopic (exact) mass is 434 g/mol. The summed E-state index contributed by atoms with van der Waals surface area (Å²) in [7, 11) is 0. The fraction of sp³-hybridized carbons (Fsp3) is 0.222. The van der Waals surface area contributed by atoms with Gasteiger partial charge in [-0.15, -0.1) is 33.3 Å². The highest BCUT2D eigenvalue weighted by molar-refractivity contribution is 7.98. The van der Waals surface area contributed by atoms with Crippen LogP contribution >= 0.6 is 46.5 Å². The van der Waals surface area contributed by atoms with E-state index in [1.165, 1.54) is 16.7 Å². The van der Waals surface area contributed by atoms with Gasteiger partial charge in [-0.05, 0) is 38.3 Å². The predicted molar refractivity (Wildman–Crippen MR) is 113 cm³/mol. The number of hydrogen-bond donors (Lipinski definition) is 0. The van der Waals surface area contributed by atoms with Crippen LogP contribution in [0.5, 0.6) is 0 Å². The molecule has 0 amide bonds. The molecule has 3 heterocycles. The average Bonchev–Trinajstić information content (AvgIpc) is 3.25. The molecule has 1 aromatic carbocycles. The highest BCUT2D eigenvalue weighted by Crippen LogP contribution is 2.33. The number of benzene rings is 1. The van der Waals surface area contributed by atoms with E-state index >= 15 is 0 Å². The molecule has 0 aliphatic rings. The van der Waals surface area contributed by atoms with Gasteiger partial charge >= 0.3 is 0 Å². The van der Waals surface area contributed by atoms with Crippen molar-refractivity contribution in [2.75, 3.05) is 6.26 Å². The molecule has 0 bridgehead atoms. The molecule has 0 aliphatic carbocycles. The van der Waals surface area contributed by atoms with Gasteiger partial charge in [0.1, 0.15) is 10.0 Å². The van der Waals surface area contributed by atoms with Crippen molar-refractivity contribution in [2.45, 2.75) is 29.7 Å². The summed E-state index contributed by atoms with van der Waals surface area (Å²) in [6.07, 6.45) is 2.04. The fourth-order valence-corrected chi connectivity index (χ4v) is 4.93. The molecule has 9 heteroatoms. The van der Waals surface area contributed by atoms with E-state index in [0.717, 1.165) is 32.0 Å². The lowest BCUT2D eigenvalue weighted by molar-refractivity contribution is 0.466. The van der Waals surface area contributed by atoms with Gasteiger partial charge in [-0.3, -0.25) is 0 Å². The Kier molecular flexibility index (Phi) is 5.41. The number of thioether (sulfide) groups is 2. The zero-order chi connectivity index (χ0) is 19.0. The molecule has 4 aromatic rings. The third-order valence-electron chi connectivity index (χ3n) is 3.91. The number of aromatic nitrogens is 4. The first kappa shape index (κ1) is 18.7. The summed E-state index contributed by atoms with van der Waals surface area (Å²) < 4.78 is 5.79. The molecule has 4 rings (SSSR count). The maximum Gasteiger partial charge on any atom is 0.277 e. The van der Waals surface area contributed by atoms with Gasteiger partial charge in [-0.25, -0.2) is 9.97 Å². The molecule has 5 nitrogen and oxygen atoms in total. The quantitative estimate of drug-likeness (QED) is 0.281. The van der Waals surface area contributed by atoms with Crippen LogP contribution in [0.25, 0.3) is 21.7 Å². The minimum atomic E-state index is 0.502. The van der Waals surface area contributed by atoms with Crippen molar-refractivity contribution in [3.8, 4) is 10.8 Å². The van der Waals surface area contributed by atoms with Crippen molar-refractivity contribution < 1.29 is 4.42 Å². The van der Waals surface area contributed by atoms with Gasteiger partial charge in [0.25, 0.3) is 11.1 Å². The van der Waals surface area contributed by atoms with Gasteiger partial charge in [0.15, 0.2) is 0 Å². The van der Waals surface area contributed by atoms with Crippen molar-refractivity contribution in [3.63, 3.8) is 0 Å². The van der Waals surface area contributed by atoms with E-state index in [9.17, 15) is 0 Å². The van der Waals surface area contributed by atoms with Crippen LogP contribution in [-0.2, 0) is 5.75 Å². The van der Waals surface area contributed by atoms with E-state index in [2.05, 4.69) is 38.4 Å². The zero-order valence-electron chi connectivity index (χ0n) is 14.8. The van der Waals surface area contributed by atoms with Crippen LogP contribution < -0.4 is 0 Å². The molecule has 0 spiro atoms. The molecule has 0 N–H and O–H groups in total. The smallest absolute Gasteiger partial charge is 0.277 e. The second-order valence-electron chi connectivity index (χ2n) is 5.81. The maximum absolute atomic E-state index is 6.39. The summed E-state index contributed by atoms with van der Waals surface area (Å²) in [5, 5.41) is 11.3. The van der Waals surface area contributed by atoms with E-state index in [1.807, 2.05) is 26.2 Å². The van der Waals surface area contributed by atoms with E-state index < -0.39 is 0 Å². The number of aryl methyl sites for hydroxylation is 2. The minimum absolute atomic E-state index is 0.502. The lowest BCUT2D eigenvalue weighted by Crippen LogP contribution is -1.89. The van der Waals surface area contributed by atoms with Crippen LogP contribution in [0, 0.1) is 13.8 Å². The summed E-state index contributed by atoms with van der Waals surface area (Å²) in [4.78, 5) is 11.0. The van der Waals surface area contributed by atoms with E-state index in [1.54, 1.807) is 23.1 Å². The molecule has 0 aliphatic heterocycles. The summed E-state index contributed by atoms with van der Waals surface area (Å²) in [6.45, 7) is 3.91. The molecular weight excluding hydrogens is 420 g/mol. The second kappa shape index (κ2) is 7.79. The number of hydrogen-bond acceptors (Lipinski definition) is 8. The van der Waals surface area contributed by atoms with Crippen molar-refractivity contribution in [1.82, 2.24) is 20.2 Å². The van der Waals surface area contributed by atoms with Gasteiger partial charge in [0, 0.05) is 21.6 Å². The summed E-state index contributed by atoms with van der Waals surface area (Å²) in [5.74, 6) is 1.11. The number of halogens is 1. The third kappa shape index (κ3) is 3.99. The highest BCUT2D eigenvalue weighted by Gasteiger charge is 2.16. The number of nitrogens with zero attached hydrogens (tertiary/aromatic N) is 4. The van der Waals surface area contributed by atoms with Crippen molar-refractivity contribution in [1.29, 1.82) is 0 Å². The number of rotatable bonds is 5. The molecular formula is C18H15ClN4OS3. The van der Waals surface area contributed by atoms with Crippen LogP contribution in [0.15, 0.2) is 38.8 Å². The first-order chi connectivity index (χ1) is 13.0. The highest BCUT2D eigenvalue weighted by atomic mass is 35.5. The number of pyridine rings is 1. The molecule has 0 radical (unpaired) electrons. The zero-order valence-corrected chi connectivity index (χ0v) is 18.0. The summed E-state index contributed by atoms with van der Waals surface area (Å²) in [6, 6.07) is 8.27. The van der Waals surface area contributed by atoms with Gasteiger partial charge in [-0.1, -0.05) is 29.4 Å². The largest absolute Gasteiger partial charge is 0.410 e. The van der Waals surface area contributed by atoms with E-state index in [0.29, 0.717) is 22.0 Å². The second-order valence-corrected chi connectivity index (χ2v) is 9.17. The standard InChI is InChI=1S/C18H15ClN4OS3/c1-9-15(27-10(2)20-9)17-22-23-18(24-17)26-8-12-6-11-4-5-13(25-3)7-14(11)21-16(12)19/h4-7H,8H2,1-3H3. The third-order valence-corrected chi connectivity index (χ3v) is 6.89. The predicted octanol–water partition coefficient (Wildman–Crippen LogP) is 6.03. The Balaban J connectivity index is 1.53. The Hall–Kier alpha value is -1.61. The normalized spacial score (nSPS) is 11.4. The molecule has 0 unspecified atom stereocenters. The van der Waals surface area contributed by atoms with Crippen LogP contribution in [0.2, 0.25) is 5.15 Å². The van der Waals surface area contributed by atoms with Crippen LogP contribution in [0.3, 0.4) is 0 Å². The fourth-order valence-electron chi connectivity index (χ4n) is 2.62. The van der Waals surface area contributed by atoms with Crippen molar-refractivity contribution in [2.24, 2.45) is 0 Å². The molecule has 0 atom stereocenters. The molecule has 0 saturated carbocycles. The van der Waals surface area contributed by atoms with Gasteiger partial charge < -0.3 is 4.42 Å². The topological polar surface area (TPSA) is 64.7 Å². The molecule has 0 saturated heterocycles. The minimum Gasteiger partial charge on any atom is -0.410 e. The summed E-state index contributed by atoms with van der Waals surface area (Å²) in [5.41, 5.74) is 2.75. The first-order valence-electron chi connectivity index (χ1n) is 8.07. The maximum atomic E-state index is 6.39. The number of thiazole rings is 1. The Morgan fingerprint density at radius 3 is 2.74 bits per heavy atom. The molecule has 138 valence electrons. The Morgan fingerprint density at radius 1 is 1.15 bits per heavy atom. The van der Waals surface area contributed by atoms with Gasteiger partial charge in [0.05, 0.1) is 16.2 Å². The lowest BCUT2D eigenvalue weighted by atomic mass is 10.2. The van der Waals surface area contributed by atoms with Crippen molar-refractivity contribution >= 4 is 57.4 Å². The lowest BCUT2D eigenvalue weighted by Gasteiger charge is -2.06. The van der Waals surface area contributed by atoms with Crippen molar-refractivity contribution in [3.05, 3.63) is 45.7 Å². The Morgan fingerprint density at radius 2 is 2.00 bits per heavy atom.